The number of halogens is 1. The van der Waals surface area contributed by atoms with Crippen LogP contribution in [0.25, 0.3) is 0 Å². The largest absolute Gasteiger partial charge is 0.329 e. The molecule has 0 aliphatic rings. The molecule has 0 aromatic heterocycles. The summed E-state index contributed by atoms with van der Waals surface area (Å²) in [6.45, 7) is 5.97. The van der Waals surface area contributed by atoms with E-state index < -0.39 is 21.4 Å². The van der Waals surface area contributed by atoms with Crippen LogP contribution in [0.1, 0.15) is 27.2 Å². The first kappa shape index (κ1) is 16.1. The fraction of sp³-hybridized carbons (Fsp3) is 0.538. The molecule has 1 rings (SSSR count). The molecule has 0 saturated heterocycles. The van der Waals surface area contributed by atoms with E-state index in [4.69, 9.17) is 5.73 Å². The molecule has 0 fully saturated rings. The molecule has 1 aromatic rings. The fourth-order valence-corrected chi connectivity index (χ4v) is 3.49. The summed E-state index contributed by atoms with van der Waals surface area (Å²) in [6, 6.07) is 4.72. The average Bonchev–Trinajstić information content (AvgIpc) is 2.27. The van der Waals surface area contributed by atoms with Crippen molar-refractivity contribution in [2.45, 2.75) is 37.6 Å². The van der Waals surface area contributed by atoms with Gasteiger partial charge in [-0.15, -0.1) is 0 Å². The predicted octanol–water partition coefficient (Wildman–Crippen LogP) is 1.87. The molecular formula is C13H21FN2O2S. The van der Waals surface area contributed by atoms with Crippen LogP contribution >= 0.6 is 0 Å². The van der Waals surface area contributed by atoms with Crippen molar-refractivity contribution in [1.82, 2.24) is 4.72 Å². The van der Waals surface area contributed by atoms with E-state index in [-0.39, 0.29) is 11.4 Å². The monoisotopic (exact) mass is 288 g/mol. The quantitative estimate of drug-likeness (QED) is 0.839. The van der Waals surface area contributed by atoms with Crippen LogP contribution < -0.4 is 10.5 Å². The van der Waals surface area contributed by atoms with E-state index in [9.17, 15) is 12.8 Å². The Kier molecular flexibility index (Phi) is 5.06. The number of rotatable bonds is 6. The van der Waals surface area contributed by atoms with E-state index in [0.29, 0.717) is 12.3 Å². The second kappa shape index (κ2) is 5.98. The fourth-order valence-electron chi connectivity index (χ4n) is 2.06. The summed E-state index contributed by atoms with van der Waals surface area (Å²) in [6.07, 6.45) is 0.629. The Morgan fingerprint density at radius 3 is 2.26 bits per heavy atom. The van der Waals surface area contributed by atoms with Gasteiger partial charge in [0.15, 0.2) is 0 Å². The molecule has 1 unspecified atom stereocenters. The van der Waals surface area contributed by atoms with E-state index in [0.717, 1.165) is 12.1 Å². The molecule has 0 aliphatic heterocycles. The summed E-state index contributed by atoms with van der Waals surface area (Å²) < 4.78 is 39.8. The molecule has 6 heteroatoms. The number of hydrogen-bond acceptors (Lipinski definition) is 3. The minimum atomic E-state index is -3.69. The van der Waals surface area contributed by atoms with Crippen molar-refractivity contribution < 1.29 is 12.8 Å². The molecule has 19 heavy (non-hydrogen) atoms. The highest BCUT2D eigenvalue weighted by Crippen LogP contribution is 2.19. The zero-order valence-electron chi connectivity index (χ0n) is 11.5. The normalized spacial score (nSPS) is 15.5. The maximum absolute atomic E-state index is 12.8. The number of hydrogen-bond donors (Lipinski definition) is 2. The minimum absolute atomic E-state index is 0.0392. The topological polar surface area (TPSA) is 72.2 Å². The van der Waals surface area contributed by atoms with Gasteiger partial charge in [0.05, 0.1) is 4.90 Å². The average molecular weight is 288 g/mol. The van der Waals surface area contributed by atoms with Crippen LogP contribution in [-0.4, -0.2) is 20.5 Å². The summed E-state index contributed by atoms with van der Waals surface area (Å²) >= 11 is 0. The minimum Gasteiger partial charge on any atom is -0.329 e. The van der Waals surface area contributed by atoms with Crippen molar-refractivity contribution in [2.75, 3.05) is 6.54 Å². The molecular weight excluding hydrogens is 267 g/mol. The number of benzene rings is 1. The third-order valence-electron chi connectivity index (χ3n) is 2.81. The Labute approximate surface area is 114 Å². The van der Waals surface area contributed by atoms with E-state index in [1.54, 1.807) is 6.92 Å². The Morgan fingerprint density at radius 1 is 1.32 bits per heavy atom. The van der Waals surface area contributed by atoms with Gasteiger partial charge in [-0.3, -0.25) is 0 Å². The van der Waals surface area contributed by atoms with Crippen molar-refractivity contribution in [3.63, 3.8) is 0 Å². The SMILES string of the molecule is CC(C)CC(C)(CN)NS(=O)(=O)c1ccc(F)cc1. The number of sulfonamides is 1. The highest BCUT2D eigenvalue weighted by atomic mass is 32.2. The predicted molar refractivity (Wildman–Crippen MR) is 73.6 cm³/mol. The molecule has 0 saturated carbocycles. The van der Waals surface area contributed by atoms with Crippen molar-refractivity contribution in [3.8, 4) is 0 Å². The standard InChI is InChI=1S/C13H21FN2O2S/c1-10(2)8-13(3,9-15)16-19(17,18)12-6-4-11(14)5-7-12/h4-7,10,16H,8-9,15H2,1-3H3. The summed E-state index contributed by atoms with van der Waals surface area (Å²) in [4.78, 5) is 0.0392. The first-order valence-electron chi connectivity index (χ1n) is 6.18. The summed E-state index contributed by atoms with van der Waals surface area (Å²) in [7, 11) is -3.69. The lowest BCUT2D eigenvalue weighted by atomic mass is 9.92. The Bertz CT molecular complexity index is 514. The molecule has 0 aliphatic carbocycles. The smallest absolute Gasteiger partial charge is 0.241 e. The highest BCUT2D eigenvalue weighted by Gasteiger charge is 2.30. The Morgan fingerprint density at radius 2 is 1.84 bits per heavy atom. The molecule has 0 heterocycles. The molecule has 0 bridgehead atoms. The lowest BCUT2D eigenvalue weighted by molar-refractivity contribution is 0.344. The molecule has 3 N–H and O–H groups in total. The Hall–Kier alpha value is -0.980. The van der Waals surface area contributed by atoms with Crippen LogP contribution in [0, 0.1) is 11.7 Å². The molecule has 0 radical (unpaired) electrons. The van der Waals surface area contributed by atoms with Gasteiger partial charge in [0.25, 0.3) is 0 Å². The molecule has 1 aromatic carbocycles. The third kappa shape index (κ3) is 4.56. The second-order valence-corrected chi connectivity index (χ2v) is 7.10. The van der Waals surface area contributed by atoms with Crippen molar-refractivity contribution >= 4 is 10.0 Å². The maximum Gasteiger partial charge on any atom is 0.241 e. The van der Waals surface area contributed by atoms with Crippen molar-refractivity contribution in [3.05, 3.63) is 30.1 Å². The summed E-state index contributed by atoms with van der Waals surface area (Å²) in [5.74, 6) is -0.160. The van der Waals surface area contributed by atoms with Crippen LogP contribution in [0.2, 0.25) is 0 Å². The van der Waals surface area contributed by atoms with Gasteiger partial charge in [-0.05, 0) is 43.5 Å². The second-order valence-electron chi connectivity index (χ2n) is 5.42. The zero-order valence-corrected chi connectivity index (χ0v) is 12.3. The van der Waals surface area contributed by atoms with Gasteiger partial charge in [-0.25, -0.2) is 17.5 Å². The maximum atomic E-state index is 12.8. The van der Waals surface area contributed by atoms with Crippen molar-refractivity contribution in [2.24, 2.45) is 11.7 Å². The number of nitrogens with two attached hydrogens (primary N) is 1. The first-order chi connectivity index (χ1) is 8.68. The van der Waals surface area contributed by atoms with E-state index in [2.05, 4.69) is 4.72 Å². The van der Waals surface area contributed by atoms with E-state index >= 15 is 0 Å². The highest BCUT2D eigenvalue weighted by molar-refractivity contribution is 7.89. The Balaban J connectivity index is 2.98. The summed E-state index contributed by atoms with van der Waals surface area (Å²) in [5, 5.41) is 0. The molecule has 108 valence electrons. The van der Waals surface area contributed by atoms with Crippen LogP contribution in [0.5, 0.6) is 0 Å². The van der Waals surface area contributed by atoms with E-state index in [1.807, 2.05) is 13.8 Å². The van der Waals surface area contributed by atoms with Gasteiger partial charge in [-0.1, -0.05) is 13.8 Å². The molecule has 0 spiro atoms. The van der Waals surface area contributed by atoms with E-state index in [1.165, 1.54) is 12.1 Å². The van der Waals surface area contributed by atoms with Gasteiger partial charge >= 0.3 is 0 Å². The van der Waals surface area contributed by atoms with Crippen molar-refractivity contribution in [1.29, 1.82) is 0 Å². The number of nitrogens with one attached hydrogen (secondary N) is 1. The molecule has 1 atom stereocenters. The van der Waals surface area contributed by atoms with Gasteiger partial charge in [0, 0.05) is 12.1 Å². The van der Waals surface area contributed by atoms with Crippen LogP contribution in [0.15, 0.2) is 29.2 Å². The lowest BCUT2D eigenvalue weighted by Crippen LogP contribution is -2.51. The van der Waals surface area contributed by atoms with Crippen LogP contribution in [-0.2, 0) is 10.0 Å². The lowest BCUT2D eigenvalue weighted by Gasteiger charge is -2.30. The van der Waals surface area contributed by atoms with Gasteiger partial charge < -0.3 is 5.73 Å². The van der Waals surface area contributed by atoms with Gasteiger partial charge in [-0.2, -0.15) is 0 Å². The third-order valence-corrected chi connectivity index (χ3v) is 4.47. The summed E-state index contributed by atoms with van der Waals surface area (Å²) in [5.41, 5.74) is 4.97. The van der Waals surface area contributed by atoms with Crippen LogP contribution in [0.4, 0.5) is 4.39 Å². The van der Waals surface area contributed by atoms with Crippen LogP contribution in [0.3, 0.4) is 0 Å². The van der Waals surface area contributed by atoms with Gasteiger partial charge in [0.2, 0.25) is 10.0 Å². The molecule has 4 nitrogen and oxygen atoms in total. The zero-order chi connectivity index (χ0) is 14.7. The van der Waals surface area contributed by atoms with Gasteiger partial charge in [0.1, 0.15) is 5.82 Å². The molecule has 0 amide bonds. The first-order valence-corrected chi connectivity index (χ1v) is 7.66.